The molecule has 4 atom stereocenters. The smallest absolute Gasteiger partial charge is 0.119 e. The average Bonchev–Trinajstić information content (AvgIpc) is 2.92. The van der Waals surface area contributed by atoms with Crippen molar-refractivity contribution in [3.63, 3.8) is 0 Å². The van der Waals surface area contributed by atoms with Gasteiger partial charge in [0.2, 0.25) is 0 Å². The number of aromatic amines is 1. The molecule has 120 valence electrons. The number of aromatic nitrogens is 1. The van der Waals surface area contributed by atoms with Gasteiger partial charge in [-0.1, -0.05) is 13.3 Å². The molecule has 0 radical (unpaired) electrons. The molecule has 2 saturated heterocycles. The molecular weight excluding hydrogens is 284 g/mol. The number of benzene rings is 1. The van der Waals surface area contributed by atoms with Gasteiger partial charge < -0.3 is 14.6 Å². The van der Waals surface area contributed by atoms with Crippen molar-refractivity contribution in [1.82, 2.24) is 9.88 Å². The maximum Gasteiger partial charge on any atom is 0.119 e. The lowest BCUT2D eigenvalue weighted by Gasteiger charge is -2.53. The average molecular weight is 308 g/mol. The highest BCUT2D eigenvalue weighted by molar-refractivity contribution is 5.92. The van der Waals surface area contributed by atoms with Crippen molar-refractivity contribution >= 4 is 17.0 Å². The molecule has 0 amide bonds. The Morgan fingerprint density at radius 1 is 1.30 bits per heavy atom. The number of H-pyrrole nitrogens is 1. The number of hydrogen-bond donors (Lipinski definition) is 1. The lowest BCUT2D eigenvalue weighted by atomic mass is 9.65. The molecule has 1 saturated carbocycles. The van der Waals surface area contributed by atoms with Crippen molar-refractivity contribution in [1.29, 1.82) is 0 Å². The van der Waals surface area contributed by atoms with E-state index in [0.717, 1.165) is 17.6 Å². The van der Waals surface area contributed by atoms with Gasteiger partial charge in [0.15, 0.2) is 0 Å². The second kappa shape index (κ2) is 4.80. The van der Waals surface area contributed by atoms with Crippen LogP contribution in [-0.4, -0.2) is 29.6 Å². The molecule has 1 aliphatic carbocycles. The highest BCUT2D eigenvalue weighted by Gasteiger charge is 2.47. The first-order valence-electron chi connectivity index (χ1n) is 8.92. The van der Waals surface area contributed by atoms with E-state index < -0.39 is 0 Å². The van der Waals surface area contributed by atoms with E-state index in [1.54, 1.807) is 7.11 Å². The highest BCUT2D eigenvalue weighted by atomic mass is 16.5. The van der Waals surface area contributed by atoms with Gasteiger partial charge in [-0.15, -0.1) is 0 Å². The molecule has 0 unspecified atom stereocenters. The Morgan fingerprint density at radius 3 is 3.04 bits per heavy atom. The van der Waals surface area contributed by atoms with Gasteiger partial charge in [0.05, 0.1) is 7.11 Å². The molecule has 1 aromatic heterocycles. The maximum atomic E-state index is 5.44. The predicted octanol–water partition coefficient (Wildman–Crippen LogP) is 4.36. The topological polar surface area (TPSA) is 28.3 Å². The zero-order valence-electron chi connectivity index (χ0n) is 13.9. The molecule has 23 heavy (non-hydrogen) atoms. The molecule has 4 aliphatic rings. The highest BCUT2D eigenvalue weighted by Crippen LogP contribution is 2.51. The minimum Gasteiger partial charge on any atom is -0.497 e. The van der Waals surface area contributed by atoms with Gasteiger partial charge >= 0.3 is 0 Å². The van der Waals surface area contributed by atoms with Crippen molar-refractivity contribution in [3.05, 3.63) is 35.7 Å². The predicted molar refractivity (Wildman–Crippen MR) is 93.6 cm³/mol. The third kappa shape index (κ3) is 1.82. The van der Waals surface area contributed by atoms with Crippen molar-refractivity contribution in [3.8, 4) is 5.75 Å². The van der Waals surface area contributed by atoms with Gasteiger partial charge in [0.25, 0.3) is 0 Å². The number of nitrogens with one attached hydrogen (secondary N) is 1. The third-order valence-electron chi connectivity index (χ3n) is 6.37. The first-order chi connectivity index (χ1) is 11.3. The van der Waals surface area contributed by atoms with E-state index in [2.05, 4.69) is 47.3 Å². The molecule has 6 rings (SSSR count). The van der Waals surface area contributed by atoms with Gasteiger partial charge in [-0.25, -0.2) is 0 Å². The van der Waals surface area contributed by atoms with Crippen LogP contribution in [0.4, 0.5) is 0 Å². The number of rotatable bonds is 2. The van der Waals surface area contributed by atoms with E-state index in [-0.39, 0.29) is 0 Å². The van der Waals surface area contributed by atoms with Crippen molar-refractivity contribution in [2.75, 3.05) is 13.7 Å². The molecule has 1 aromatic carbocycles. The fraction of sp³-hybridized carbons (Fsp3) is 0.500. The van der Waals surface area contributed by atoms with Gasteiger partial charge in [-0.2, -0.15) is 0 Å². The summed E-state index contributed by atoms with van der Waals surface area (Å²) < 4.78 is 5.44. The summed E-state index contributed by atoms with van der Waals surface area (Å²) in [6.07, 6.45) is 8.76. The third-order valence-corrected chi connectivity index (χ3v) is 6.37. The molecule has 3 nitrogen and oxygen atoms in total. The van der Waals surface area contributed by atoms with Crippen molar-refractivity contribution < 1.29 is 4.74 Å². The van der Waals surface area contributed by atoms with Gasteiger partial charge in [0, 0.05) is 46.9 Å². The Bertz CT molecular complexity index is 790. The van der Waals surface area contributed by atoms with Gasteiger partial charge in [-0.3, -0.25) is 0 Å². The van der Waals surface area contributed by atoms with Crippen LogP contribution in [0.5, 0.6) is 5.75 Å². The summed E-state index contributed by atoms with van der Waals surface area (Å²) in [5.74, 6) is 3.28. The Labute approximate surface area is 137 Å². The molecule has 3 heteroatoms. The van der Waals surface area contributed by atoms with Crippen LogP contribution in [0.3, 0.4) is 0 Å². The fourth-order valence-electron chi connectivity index (χ4n) is 5.40. The fourth-order valence-corrected chi connectivity index (χ4v) is 5.40. The first kappa shape index (κ1) is 13.5. The van der Waals surface area contributed by atoms with Crippen molar-refractivity contribution in [2.45, 2.75) is 38.1 Å². The zero-order valence-corrected chi connectivity index (χ0v) is 13.9. The Hall–Kier alpha value is -1.90. The molecule has 4 bridgehead atoms. The van der Waals surface area contributed by atoms with Crippen LogP contribution in [0.2, 0.25) is 0 Å². The van der Waals surface area contributed by atoms with Crippen LogP contribution in [-0.2, 0) is 0 Å². The number of nitrogens with zero attached hydrogens (tertiary/aromatic N) is 1. The molecular formula is C20H24N2O. The minimum atomic E-state index is 0.649. The number of fused-ring (bicyclic) bond motifs is 4. The van der Waals surface area contributed by atoms with E-state index in [1.165, 1.54) is 48.0 Å². The molecule has 4 heterocycles. The van der Waals surface area contributed by atoms with Crippen LogP contribution in [0, 0.1) is 11.8 Å². The minimum absolute atomic E-state index is 0.649. The molecule has 1 N–H and O–H groups in total. The second-order valence-electron chi connectivity index (χ2n) is 7.48. The molecule has 3 aliphatic heterocycles. The van der Waals surface area contributed by atoms with Crippen LogP contribution in [0.1, 0.15) is 43.4 Å². The Kier molecular flexibility index (Phi) is 2.82. The summed E-state index contributed by atoms with van der Waals surface area (Å²) in [7, 11) is 1.74. The molecule has 3 fully saturated rings. The van der Waals surface area contributed by atoms with E-state index in [4.69, 9.17) is 4.74 Å². The van der Waals surface area contributed by atoms with E-state index >= 15 is 0 Å². The monoisotopic (exact) mass is 308 g/mol. The van der Waals surface area contributed by atoms with Gasteiger partial charge in [0.1, 0.15) is 5.75 Å². The number of ether oxygens (including phenoxy) is 1. The largest absolute Gasteiger partial charge is 0.497 e. The van der Waals surface area contributed by atoms with Crippen LogP contribution >= 0.6 is 0 Å². The first-order valence-corrected chi connectivity index (χ1v) is 8.92. The van der Waals surface area contributed by atoms with Crippen LogP contribution in [0.25, 0.3) is 17.0 Å². The Morgan fingerprint density at radius 2 is 2.22 bits per heavy atom. The summed E-state index contributed by atoms with van der Waals surface area (Å²) in [5.41, 5.74) is 4.08. The van der Waals surface area contributed by atoms with Crippen LogP contribution < -0.4 is 4.74 Å². The van der Waals surface area contributed by atoms with Gasteiger partial charge in [-0.05, 0) is 49.0 Å². The zero-order chi connectivity index (χ0) is 15.6. The quantitative estimate of drug-likeness (QED) is 0.892. The summed E-state index contributed by atoms with van der Waals surface area (Å²) in [6, 6.07) is 7.07. The summed E-state index contributed by atoms with van der Waals surface area (Å²) >= 11 is 0. The lowest BCUT2D eigenvalue weighted by Crippen LogP contribution is -2.54. The number of methoxy groups -OCH3 is 1. The molecule has 0 spiro atoms. The standard InChI is InChI=1S/C20H24N2O/c1-3-13-8-12-9-17-19-15(6-7-22(11-12)20(13)17)16-10-14(23-2)4-5-18(16)21-19/h4-7,10,12-13,17,20-21H,3,8-9,11H2,1-2H3/t12-,13+,17+,20+/m1/s1. The SMILES string of the molecule is CC[C@H]1C[C@@H]2C[C@H]3c4[nH]c5ccc(OC)cc5c4C=CN(C2)[C@@H]13. The van der Waals surface area contributed by atoms with E-state index in [9.17, 15) is 0 Å². The molecule has 2 aromatic rings. The summed E-state index contributed by atoms with van der Waals surface area (Å²) in [6.45, 7) is 3.61. The summed E-state index contributed by atoms with van der Waals surface area (Å²) in [5, 5.41) is 1.30. The Balaban J connectivity index is 1.70. The second-order valence-corrected chi connectivity index (χ2v) is 7.48. The summed E-state index contributed by atoms with van der Waals surface area (Å²) in [4.78, 5) is 6.39. The number of hydrogen-bond acceptors (Lipinski definition) is 2. The van der Waals surface area contributed by atoms with E-state index in [0.29, 0.717) is 12.0 Å². The van der Waals surface area contributed by atoms with E-state index in [1.807, 2.05) is 0 Å². The van der Waals surface area contributed by atoms with Crippen molar-refractivity contribution in [2.24, 2.45) is 11.8 Å². The number of piperidine rings is 2. The van der Waals surface area contributed by atoms with Crippen LogP contribution in [0.15, 0.2) is 24.4 Å². The maximum absolute atomic E-state index is 5.44. The normalized spacial score (nSPS) is 31.3. The lowest BCUT2D eigenvalue weighted by molar-refractivity contribution is 0.0149.